The van der Waals surface area contributed by atoms with E-state index in [0.29, 0.717) is 20.6 Å². The van der Waals surface area contributed by atoms with Crippen LogP contribution in [0.4, 0.5) is 4.39 Å². The van der Waals surface area contributed by atoms with Crippen molar-refractivity contribution in [2.75, 3.05) is 6.61 Å². The van der Waals surface area contributed by atoms with Crippen molar-refractivity contribution >= 4 is 40.0 Å². The third kappa shape index (κ3) is 4.09. The first kappa shape index (κ1) is 23.8. The lowest BCUT2D eigenvalue weighted by Gasteiger charge is -2.25. The molecule has 0 amide bonds. The Labute approximate surface area is 220 Å². The maximum absolute atomic E-state index is 13.9. The van der Waals surface area contributed by atoms with E-state index in [1.165, 1.54) is 28.0 Å². The molecule has 1 aliphatic rings. The summed E-state index contributed by atoms with van der Waals surface area (Å²) in [5.74, 6) is -0.985. The van der Waals surface area contributed by atoms with Gasteiger partial charge in [0.2, 0.25) is 0 Å². The molecule has 5 aromatic rings. The molecule has 0 saturated carbocycles. The molecular weight excluding hydrogens is 501 g/mol. The molecule has 3 heterocycles. The van der Waals surface area contributed by atoms with E-state index in [2.05, 4.69) is 4.98 Å². The number of hydrogen-bond donors (Lipinski definition) is 1. The summed E-state index contributed by atoms with van der Waals surface area (Å²) in [7, 11) is 0. The second kappa shape index (κ2) is 9.72. The molecule has 1 atom stereocenters. The lowest BCUT2D eigenvalue weighted by Crippen LogP contribution is -2.40. The van der Waals surface area contributed by atoms with E-state index in [-0.39, 0.29) is 17.7 Å². The molecule has 6 rings (SSSR count). The lowest BCUT2D eigenvalue weighted by molar-refractivity contribution is -0.138. The number of para-hydroxylation sites is 1. The Hall–Kier alpha value is -4.56. The average molecular weight is 524 g/mol. The van der Waals surface area contributed by atoms with Gasteiger partial charge in [0.05, 0.1) is 28.5 Å². The van der Waals surface area contributed by atoms with Crippen molar-refractivity contribution in [3.8, 4) is 0 Å². The van der Waals surface area contributed by atoms with Crippen LogP contribution in [0.3, 0.4) is 0 Å². The van der Waals surface area contributed by atoms with Crippen molar-refractivity contribution in [1.29, 1.82) is 0 Å². The van der Waals surface area contributed by atoms with Crippen LogP contribution in [0.1, 0.15) is 29.7 Å². The molecule has 0 bridgehead atoms. The van der Waals surface area contributed by atoms with Gasteiger partial charge in [-0.1, -0.05) is 72.0 Å². The van der Waals surface area contributed by atoms with Crippen LogP contribution >= 0.6 is 11.3 Å². The van der Waals surface area contributed by atoms with Crippen LogP contribution in [0, 0.1) is 5.82 Å². The van der Waals surface area contributed by atoms with E-state index < -0.39 is 17.8 Å². The maximum Gasteiger partial charge on any atom is 0.338 e. The highest BCUT2D eigenvalue weighted by Gasteiger charge is 2.35. The lowest BCUT2D eigenvalue weighted by atomic mass is 9.93. The number of rotatable bonds is 5. The number of esters is 1. The van der Waals surface area contributed by atoms with Crippen molar-refractivity contribution in [2.24, 2.45) is 4.99 Å². The smallest absolute Gasteiger partial charge is 0.338 e. The van der Waals surface area contributed by atoms with Gasteiger partial charge in [-0.2, -0.15) is 0 Å². The molecular formula is C30H22FN3O3S. The van der Waals surface area contributed by atoms with Crippen molar-refractivity contribution < 1.29 is 13.9 Å². The molecule has 0 aliphatic carbocycles. The number of hydrogen-bond acceptors (Lipinski definition) is 5. The number of fused-ring (bicyclic) bond motifs is 2. The van der Waals surface area contributed by atoms with Crippen LogP contribution in [0.15, 0.2) is 100 Å². The zero-order valence-electron chi connectivity index (χ0n) is 20.4. The van der Waals surface area contributed by atoms with E-state index in [0.717, 1.165) is 22.0 Å². The summed E-state index contributed by atoms with van der Waals surface area (Å²) in [6.45, 7) is 1.88. The van der Waals surface area contributed by atoms with Gasteiger partial charge in [0.15, 0.2) is 4.80 Å². The fourth-order valence-corrected chi connectivity index (χ4v) is 5.75. The Morgan fingerprint density at radius 3 is 2.58 bits per heavy atom. The molecule has 1 N–H and O–H groups in total. The molecule has 0 unspecified atom stereocenters. The van der Waals surface area contributed by atoms with E-state index in [1.807, 2.05) is 66.9 Å². The Kier molecular flexibility index (Phi) is 6.09. The van der Waals surface area contributed by atoms with Gasteiger partial charge in [0.25, 0.3) is 5.56 Å². The minimum Gasteiger partial charge on any atom is -0.463 e. The minimum atomic E-state index is -0.841. The second-order valence-corrected chi connectivity index (χ2v) is 9.78. The molecule has 0 radical (unpaired) electrons. The number of thiazole rings is 1. The molecule has 6 nitrogen and oxygen atoms in total. The first-order chi connectivity index (χ1) is 18.5. The number of ether oxygens (including phenoxy) is 1. The molecule has 188 valence electrons. The topological polar surface area (TPSA) is 76.4 Å². The Balaban J connectivity index is 1.65. The van der Waals surface area contributed by atoms with Gasteiger partial charge in [-0.25, -0.2) is 14.2 Å². The molecule has 3 aromatic carbocycles. The molecule has 8 heteroatoms. The fourth-order valence-electron chi connectivity index (χ4n) is 4.76. The van der Waals surface area contributed by atoms with Crippen LogP contribution in [0.2, 0.25) is 0 Å². The molecule has 1 aliphatic heterocycles. The van der Waals surface area contributed by atoms with Crippen LogP contribution in [-0.2, 0) is 9.53 Å². The van der Waals surface area contributed by atoms with E-state index in [1.54, 1.807) is 19.1 Å². The van der Waals surface area contributed by atoms with E-state index in [9.17, 15) is 14.0 Å². The largest absolute Gasteiger partial charge is 0.463 e. The zero-order valence-corrected chi connectivity index (χ0v) is 21.2. The highest BCUT2D eigenvalue weighted by molar-refractivity contribution is 7.07. The van der Waals surface area contributed by atoms with Crippen LogP contribution in [0.25, 0.3) is 22.7 Å². The molecule has 0 spiro atoms. The second-order valence-electron chi connectivity index (χ2n) is 8.77. The molecule has 2 aromatic heterocycles. The molecule has 0 fully saturated rings. The minimum absolute atomic E-state index is 0.158. The standard InChI is InChI=1S/C30H22FN3O3S/c1-2-37-29(36)25-26(18-8-4-3-5-9-18)33-30-34(27(25)19-12-14-21(31)15-13-19)28(35)24(38-30)16-20-17-32-23-11-7-6-10-22(20)23/h3-17,27,32H,2H2,1H3/b24-16-/t27-/m0/s1. The number of aromatic amines is 1. The number of nitrogens with zero attached hydrogens (tertiary/aromatic N) is 2. The number of carbonyl (C=O) groups excluding carboxylic acids is 1. The number of benzene rings is 3. The van der Waals surface area contributed by atoms with Gasteiger partial charge in [-0.3, -0.25) is 9.36 Å². The summed E-state index contributed by atoms with van der Waals surface area (Å²) in [5.41, 5.74) is 3.51. The number of H-pyrrole nitrogens is 1. The summed E-state index contributed by atoms with van der Waals surface area (Å²) in [5, 5.41) is 0.991. The highest BCUT2D eigenvalue weighted by Crippen LogP contribution is 2.35. The van der Waals surface area contributed by atoms with E-state index in [4.69, 9.17) is 9.73 Å². The number of carbonyl (C=O) groups is 1. The number of halogens is 1. The van der Waals surface area contributed by atoms with Crippen molar-refractivity contribution in [3.05, 3.63) is 133 Å². The third-order valence-electron chi connectivity index (χ3n) is 6.47. The van der Waals surface area contributed by atoms with Crippen molar-refractivity contribution in [1.82, 2.24) is 9.55 Å². The summed E-state index contributed by atoms with van der Waals surface area (Å²) in [6.07, 6.45) is 3.69. The van der Waals surface area contributed by atoms with Gasteiger partial charge in [0.1, 0.15) is 5.82 Å². The van der Waals surface area contributed by atoms with Gasteiger partial charge < -0.3 is 9.72 Å². The average Bonchev–Trinajstić information content (AvgIpc) is 3.49. The predicted molar refractivity (Wildman–Crippen MR) is 146 cm³/mol. The van der Waals surface area contributed by atoms with Gasteiger partial charge >= 0.3 is 5.97 Å². The predicted octanol–water partition coefficient (Wildman–Crippen LogP) is 4.56. The number of nitrogens with one attached hydrogen (secondary N) is 1. The van der Waals surface area contributed by atoms with Crippen LogP contribution in [-0.4, -0.2) is 22.1 Å². The molecule has 0 saturated heterocycles. The maximum atomic E-state index is 13.9. The first-order valence-corrected chi connectivity index (χ1v) is 13.0. The van der Waals surface area contributed by atoms with Crippen molar-refractivity contribution in [3.63, 3.8) is 0 Å². The summed E-state index contributed by atoms with van der Waals surface area (Å²) >= 11 is 1.25. The Morgan fingerprint density at radius 2 is 1.82 bits per heavy atom. The van der Waals surface area contributed by atoms with Gasteiger partial charge in [-0.05, 0) is 36.8 Å². The number of aromatic nitrogens is 2. The summed E-state index contributed by atoms with van der Waals surface area (Å²) < 4.78 is 21.3. The van der Waals surface area contributed by atoms with E-state index >= 15 is 0 Å². The summed E-state index contributed by atoms with van der Waals surface area (Å²) in [6, 6.07) is 22.2. The van der Waals surface area contributed by atoms with Gasteiger partial charge in [-0.15, -0.1) is 0 Å². The fraction of sp³-hybridized carbons (Fsp3) is 0.100. The highest BCUT2D eigenvalue weighted by atomic mass is 32.1. The van der Waals surface area contributed by atoms with Crippen LogP contribution in [0.5, 0.6) is 0 Å². The quantitative estimate of drug-likeness (QED) is 0.343. The first-order valence-electron chi connectivity index (χ1n) is 12.1. The van der Waals surface area contributed by atoms with Gasteiger partial charge in [0, 0.05) is 28.2 Å². The Bertz CT molecular complexity index is 1880. The SMILES string of the molecule is CCOC(=O)C1=C(c2ccccc2)N=c2s/c(=C\c3c[nH]c4ccccc34)c(=O)n2[C@H]1c1ccc(F)cc1. The van der Waals surface area contributed by atoms with Crippen LogP contribution < -0.4 is 14.9 Å². The normalized spacial score (nSPS) is 15.4. The zero-order chi connectivity index (χ0) is 26.2. The Morgan fingerprint density at radius 1 is 1.08 bits per heavy atom. The monoisotopic (exact) mass is 523 g/mol. The van der Waals surface area contributed by atoms with Crippen molar-refractivity contribution in [2.45, 2.75) is 13.0 Å². The summed E-state index contributed by atoms with van der Waals surface area (Å²) in [4.78, 5) is 35.8. The third-order valence-corrected chi connectivity index (χ3v) is 7.45. The molecule has 38 heavy (non-hydrogen) atoms.